The molecule has 0 saturated heterocycles. The van der Waals surface area contributed by atoms with Gasteiger partial charge in [0, 0.05) is 5.56 Å². The molecule has 0 unspecified atom stereocenters. The van der Waals surface area contributed by atoms with Crippen LogP contribution in [0.5, 0.6) is 0 Å². The number of halogens is 3. The first kappa shape index (κ1) is 12.7. The number of rotatable bonds is 2. The second kappa shape index (κ2) is 5.14. The van der Waals surface area contributed by atoms with E-state index in [9.17, 15) is 4.39 Å². The van der Waals surface area contributed by atoms with Crippen LogP contribution >= 0.6 is 23.2 Å². The molecule has 16 heavy (non-hydrogen) atoms. The summed E-state index contributed by atoms with van der Waals surface area (Å²) in [7, 11) is 0. The average molecular weight is 263 g/mol. The van der Waals surface area contributed by atoms with Gasteiger partial charge in [0.05, 0.1) is 15.8 Å². The molecule has 1 aromatic carbocycles. The van der Waals surface area contributed by atoms with Crippen molar-refractivity contribution in [3.8, 4) is 0 Å². The van der Waals surface area contributed by atoms with Crippen LogP contribution in [0.15, 0.2) is 22.3 Å². The molecule has 86 valence electrons. The minimum absolute atomic E-state index is 0.0524. The lowest BCUT2D eigenvalue weighted by Gasteiger charge is -2.04. The molecule has 4 N–H and O–H groups in total. The second-order valence-corrected chi connectivity index (χ2v) is 3.77. The van der Waals surface area contributed by atoms with Gasteiger partial charge in [-0.15, -0.1) is 5.10 Å². The molecule has 0 amide bonds. The third-order valence-electron chi connectivity index (χ3n) is 1.72. The lowest BCUT2D eigenvalue weighted by molar-refractivity contribution is 0.628. The lowest BCUT2D eigenvalue weighted by Crippen LogP contribution is -2.22. The van der Waals surface area contributed by atoms with Crippen molar-refractivity contribution >= 4 is 34.9 Å². The Kier molecular flexibility index (Phi) is 4.09. The highest BCUT2D eigenvalue weighted by Crippen LogP contribution is 2.24. The molecule has 0 heterocycles. The van der Waals surface area contributed by atoms with Gasteiger partial charge in [-0.1, -0.05) is 23.2 Å². The van der Waals surface area contributed by atoms with E-state index < -0.39 is 5.82 Å². The van der Waals surface area contributed by atoms with E-state index in [0.717, 1.165) is 0 Å². The number of hydrogen-bond acceptors (Lipinski definition) is 2. The zero-order chi connectivity index (χ0) is 12.3. The maximum atomic E-state index is 13.2. The monoisotopic (exact) mass is 262 g/mol. The molecule has 0 bridgehead atoms. The van der Waals surface area contributed by atoms with Gasteiger partial charge in [-0.25, -0.2) is 4.39 Å². The molecule has 0 atom stereocenters. The Balaban J connectivity index is 3.19. The fourth-order valence-electron chi connectivity index (χ4n) is 0.986. The molecular formula is C9H9Cl2FN4. The maximum Gasteiger partial charge on any atom is 0.211 e. The van der Waals surface area contributed by atoms with Crippen LogP contribution in [0.25, 0.3) is 0 Å². The van der Waals surface area contributed by atoms with Crippen LogP contribution < -0.4 is 11.5 Å². The first-order chi connectivity index (χ1) is 7.41. The molecule has 0 aromatic heterocycles. The Morgan fingerprint density at radius 2 is 1.81 bits per heavy atom. The first-order valence-electron chi connectivity index (χ1n) is 4.20. The SMILES string of the molecule is CC(=NN=C(N)N)c1cc(F)c(Cl)cc1Cl. The standard InChI is InChI=1S/C9H9Cl2FN4/c1-4(15-16-9(13)14)5-2-8(12)7(11)3-6(5)10/h2-3H,1H3,(H4,13,14,16). The molecule has 4 nitrogen and oxygen atoms in total. The van der Waals surface area contributed by atoms with E-state index in [2.05, 4.69) is 10.2 Å². The van der Waals surface area contributed by atoms with Crippen molar-refractivity contribution in [3.05, 3.63) is 33.6 Å². The number of hydrogen-bond donors (Lipinski definition) is 2. The van der Waals surface area contributed by atoms with Crippen molar-refractivity contribution in [1.82, 2.24) is 0 Å². The predicted molar refractivity (Wildman–Crippen MR) is 64.4 cm³/mol. The van der Waals surface area contributed by atoms with E-state index in [1.54, 1.807) is 6.92 Å². The number of guanidine groups is 1. The summed E-state index contributed by atoms with van der Waals surface area (Å²) in [5.41, 5.74) is 11.0. The summed E-state index contributed by atoms with van der Waals surface area (Å²) < 4.78 is 13.2. The van der Waals surface area contributed by atoms with Crippen LogP contribution in [0.3, 0.4) is 0 Å². The summed E-state index contributed by atoms with van der Waals surface area (Å²) >= 11 is 11.4. The maximum absolute atomic E-state index is 13.2. The van der Waals surface area contributed by atoms with Crippen LogP contribution in [0.4, 0.5) is 4.39 Å². The van der Waals surface area contributed by atoms with Gasteiger partial charge in [0.15, 0.2) is 0 Å². The highest BCUT2D eigenvalue weighted by Gasteiger charge is 2.09. The first-order valence-corrected chi connectivity index (χ1v) is 4.95. The molecule has 1 aromatic rings. The van der Waals surface area contributed by atoms with Gasteiger partial charge in [-0.2, -0.15) is 5.10 Å². The Hall–Kier alpha value is -1.33. The van der Waals surface area contributed by atoms with E-state index >= 15 is 0 Å². The Bertz CT molecular complexity index is 467. The fraction of sp³-hybridized carbons (Fsp3) is 0.111. The van der Waals surface area contributed by atoms with Crippen LogP contribution in [0.2, 0.25) is 10.0 Å². The molecule has 0 fully saturated rings. The third kappa shape index (κ3) is 3.08. The zero-order valence-corrected chi connectivity index (χ0v) is 9.85. The molecule has 0 saturated carbocycles. The number of nitrogens with two attached hydrogens (primary N) is 2. The van der Waals surface area contributed by atoms with Gasteiger partial charge < -0.3 is 11.5 Å². The molecule has 0 aliphatic heterocycles. The van der Waals surface area contributed by atoms with E-state index in [0.29, 0.717) is 11.3 Å². The molecule has 0 spiro atoms. The number of benzene rings is 1. The van der Waals surface area contributed by atoms with Crippen LogP contribution in [-0.4, -0.2) is 11.7 Å². The molecular weight excluding hydrogens is 254 g/mol. The van der Waals surface area contributed by atoms with Gasteiger partial charge in [0.1, 0.15) is 5.82 Å². The Morgan fingerprint density at radius 3 is 2.38 bits per heavy atom. The molecule has 7 heteroatoms. The lowest BCUT2D eigenvalue weighted by atomic mass is 10.1. The fourth-order valence-corrected chi connectivity index (χ4v) is 1.51. The van der Waals surface area contributed by atoms with Crippen LogP contribution in [-0.2, 0) is 0 Å². The Morgan fingerprint density at radius 1 is 1.19 bits per heavy atom. The predicted octanol–water partition coefficient (Wildman–Crippen LogP) is 2.13. The molecule has 0 radical (unpaired) electrons. The van der Waals surface area contributed by atoms with Gasteiger partial charge in [0.25, 0.3) is 0 Å². The van der Waals surface area contributed by atoms with Crippen LogP contribution in [0, 0.1) is 5.82 Å². The summed E-state index contributed by atoms with van der Waals surface area (Å²) in [5, 5.41) is 7.35. The summed E-state index contributed by atoms with van der Waals surface area (Å²) in [4.78, 5) is 0. The van der Waals surface area contributed by atoms with Gasteiger partial charge in [-0.3, -0.25) is 0 Å². The van der Waals surface area contributed by atoms with E-state index in [-0.39, 0.29) is 16.0 Å². The van der Waals surface area contributed by atoms with Crippen molar-refractivity contribution in [2.75, 3.05) is 0 Å². The largest absolute Gasteiger partial charge is 0.369 e. The van der Waals surface area contributed by atoms with E-state index in [1.165, 1.54) is 12.1 Å². The smallest absolute Gasteiger partial charge is 0.211 e. The minimum atomic E-state index is -0.583. The normalized spacial score (nSPS) is 11.4. The van der Waals surface area contributed by atoms with Crippen molar-refractivity contribution in [3.63, 3.8) is 0 Å². The van der Waals surface area contributed by atoms with Gasteiger partial charge in [0.2, 0.25) is 5.96 Å². The minimum Gasteiger partial charge on any atom is -0.369 e. The van der Waals surface area contributed by atoms with Crippen molar-refractivity contribution in [2.45, 2.75) is 6.92 Å². The molecule has 0 aliphatic rings. The van der Waals surface area contributed by atoms with Crippen molar-refractivity contribution in [2.24, 2.45) is 21.7 Å². The van der Waals surface area contributed by atoms with Crippen LogP contribution in [0.1, 0.15) is 12.5 Å². The second-order valence-electron chi connectivity index (χ2n) is 2.96. The Labute approximate surface area is 102 Å². The van der Waals surface area contributed by atoms with Crippen molar-refractivity contribution < 1.29 is 4.39 Å². The highest BCUT2D eigenvalue weighted by molar-refractivity contribution is 6.37. The highest BCUT2D eigenvalue weighted by atomic mass is 35.5. The summed E-state index contributed by atoms with van der Waals surface area (Å²) in [5.74, 6) is -0.773. The summed E-state index contributed by atoms with van der Waals surface area (Å²) in [6.07, 6.45) is 0. The quantitative estimate of drug-likeness (QED) is 0.371. The van der Waals surface area contributed by atoms with E-state index in [1.807, 2.05) is 0 Å². The topological polar surface area (TPSA) is 76.8 Å². The third-order valence-corrected chi connectivity index (χ3v) is 2.32. The van der Waals surface area contributed by atoms with Gasteiger partial charge >= 0.3 is 0 Å². The summed E-state index contributed by atoms with van der Waals surface area (Å²) in [6.45, 7) is 1.60. The average Bonchev–Trinajstić information content (AvgIpc) is 2.20. The van der Waals surface area contributed by atoms with E-state index in [4.69, 9.17) is 34.7 Å². The molecule has 0 aliphatic carbocycles. The van der Waals surface area contributed by atoms with Crippen molar-refractivity contribution in [1.29, 1.82) is 0 Å². The zero-order valence-electron chi connectivity index (χ0n) is 8.34. The summed E-state index contributed by atoms with van der Waals surface area (Å²) in [6, 6.07) is 2.47. The van der Waals surface area contributed by atoms with Gasteiger partial charge in [-0.05, 0) is 19.1 Å². The molecule has 1 rings (SSSR count). The number of nitrogens with zero attached hydrogens (tertiary/aromatic N) is 2.